The predicted molar refractivity (Wildman–Crippen MR) is 95.0 cm³/mol. The molecule has 2 aromatic rings. The Kier molecular flexibility index (Phi) is 3.63. The second-order valence-corrected chi connectivity index (χ2v) is 8.85. The predicted octanol–water partition coefficient (Wildman–Crippen LogP) is 3.41. The van der Waals surface area contributed by atoms with E-state index in [0.717, 1.165) is 6.54 Å². The molecule has 2 aromatic heterocycles. The molecule has 0 saturated heterocycles. The largest absolute Gasteiger partial charge is 0.278 e. The number of pyridine rings is 2. The molecular formula is C19H22N2S2+2. The van der Waals surface area contributed by atoms with Gasteiger partial charge in [-0.3, -0.25) is 0 Å². The van der Waals surface area contributed by atoms with E-state index in [-0.39, 0.29) is 0 Å². The summed E-state index contributed by atoms with van der Waals surface area (Å²) in [5, 5.41) is 3.00. The number of aromatic nitrogens is 2. The van der Waals surface area contributed by atoms with Crippen LogP contribution in [0.1, 0.15) is 30.4 Å². The van der Waals surface area contributed by atoms with Crippen LogP contribution in [0.25, 0.3) is 11.4 Å². The fourth-order valence-electron chi connectivity index (χ4n) is 4.20. The van der Waals surface area contributed by atoms with Gasteiger partial charge < -0.3 is 0 Å². The summed E-state index contributed by atoms with van der Waals surface area (Å²) in [6.45, 7) is 2.32. The number of aryl methyl sites for hydroxylation is 1. The highest BCUT2D eigenvalue weighted by Gasteiger charge is 2.36. The zero-order valence-electron chi connectivity index (χ0n) is 13.4. The van der Waals surface area contributed by atoms with Gasteiger partial charge in [-0.1, -0.05) is 29.9 Å². The first-order valence-corrected chi connectivity index (χ1v) is 10.8. The number of thioether (sulfide) groups is 2. The summed E-state index contributed by atoms with van der Waals surface area (Å²) in [6.07, 6.45) is 6.67. The van der Waals surface area contributed by atoms with Gasteiger partial charge in [0.05, 0.1) is 11.5 Å². The number of rotatable bonds is 1. The van der Waals surface area contributed by atoms with Crippen molar-refractivity contribution >= 4 is 23.5 Å². The Morgan fingerprint density at radius 3 is 2.70 bits per heavy atom. The first-order chi connectivity index (χ1) is 11.4. The molecule has 4 heteroatoms. The van der Waals surface area contributed by atoms with Gasteiger partial charge in [-0.15, -0.1) is 0 Å². The van der Waals surface area contributed by atoms with Crippen molar-refractivity contribution in [2.75, 3.05) is 11.5 Å². The van der Waals surface area contributed by atoms with E-state index in [2.05, 4.69) is 45.2 Å². The molecule has 0 radical (unpaired) electrons. The van der Waals surface area contributed by atoms with Gasteiger partial charge in [-0.2, -0.15) is 9.13 Å². The average molecular weight is 343 g/mol. The van der Waals surface area contributed by atoms with Gasteiger partial charge in [0.15, 0.2) is 13.1 Å². The van der Waals surface area contributed by atoms with E-state index in [1.807, 2.05) is 11.8 Å². The van der Waals surface area contributed by atoms with Crippen LogP contribution in [0.3, 0.4) is 0 Å². The van der Waals surface area contributed by atoms with E-state index in [9.17, 15) is 0 Å². The fourth-order valence-corrected chi connectivity index (χ4v) is 6.42. The molecule has 0 saturated carbocycles. The van der Waals surface area contributed by atoms with Gasteiger partial charge in [0.1, 0.15) is 0 Å². The lowest BCUT2D eigenvalue weighted by molar-refractivity contribution is -0.741. The Hall–Kier alpha value is -1.00. The van der Waals surface area contributed by atoms with Gasteiger partial charge in [0, 0.05) is 23.8 Å². The molecule has 1 aliphatic carbocycles. The number of fused-ring (bicyclic) bond motifs is 4. The number of hydrogen-bond donors (Lipinski definition) is 0. The molecule has 2 aliphatic heterocycles. The highest BCUT2D eigenvalue weighted by atomic mass is 32.2. The van der Waals surface area contributed by atoms with Crippen LogP contribution >= 0.6 is 23.5 Å². The van der Waals surface area contributed by atoms with Crippen molar-refractivity contribution in [2.45, 2.75) is 55.2 Å². The molecule has 0 unspecified atom stereocenters. The third kappa shape index (κ3) is 2.33. The summed E-state index contributed by atoms with van der Waals surface area (Å²) in [5.74, 6) is 2.45. The summed E-state index contributed by atoms with van der Waals surface area (Å²) < 4.78 is 5.14. The van der Waals surface area contributed by atoms with Crippen molar-refractivity contribution in [3.05, 3.63) is 35.4 Å². The summed E-state index contributed by atoms with van der Waals surface area (Å²) >= 11 is 4.07. The molecule has 0 fully saturated rings. The van der Waals surface area contributed by atoms with Gasteiger partial charge in [-0.25, -0.2) is 0 Å². The molecule has 2 nitrogen and oxygen atoms in total. The lowest BCUT2D eigenvalue weighted by Crippen LogP contribution is -2.43. The first kappa shape index (κ1) is 14.4. The summed E-state index contributed by atoms with van der Waals surface area (Å²) in [4.78, 5) is 0. The van der Waals surface area contributed by atoms with Crippen LogP contribution in [-0.2, 0) is 25.9 Å². The number of nitrogens with zero attached hydrogens (tertiary/aromatic N) is 2. The molecular weight excluding hydrogens is 320 g/mol. The molecule has 118 valence electrons. The highest BCUT2D eigenvalue weighted by molar-refractivity contribution is 7.99. The van der Waals surface area contributed by atoms with Crippen LogP contribution in [0.4, 0.5) is 0 Å². The van der Waals surface area contributed by atoms with Crippen LogP contribution in [0, 0.1) is 0 Å². The monoisotopic (exact) mass is 342 g/mol. The zero-order valence-corrected chi connectivity index (χ0v) is 15.0. The van der Waals surface area contributed by atoms with Gasteiger partial charge >= 0.3 is 0 Å². The van der Waals surface area contributed by atoms with Gasteiger partial charge in [-0.05, 0) is 37.3 Å². The minimum absolute atomic E-state index is 1.15. The minimum atomic E-state index is 1.15. The second-order valence-electron chi connectivity index (χ2n) is 6.65. The van der Waals surface area contributed by atoms with Crippen LogP contribution < -0.4 is 9.13 Å². The molecule has 0 N–H and O–H groups in total. The Balaban J connectivity index is 1.74. The molecule has 3 aliphatic rings. The van der Waals surface area contributed by atoms with Crippen LogP contribution in [0.15, 0.2) is 34.3 Å². The highest BCUT2D eigenvalue weighted by Crippen LogP contribution is 2.34. The molecule has 0 amide bonds. The Morgan fingerprint density at radius 2 is 1.70 bits per heavy atom. The van der Waals surface area contributed by atoms with E-state index in [0.29, 0.717) is 0 Å². The summed E-state index contributed by atoms with van der Waals surface area (Å²) in [5.41, 5.74) is 6.17. The second kappa shape index (κ2) is 5.82. The Labute approximate surface area is 146 Å². The van der Waals surface area contributed by atoms with Crippen LogP contribution in [0.2, 0.25) is 0 Å². The summed E-state index contributed by atoms with van der Waals surface area (Å²) in [6, 6.07) is 9.36. The van der Waals surface area contributed by atoms with Crippen LogP contribution in [0.5, 0.6) is 0 Å². The van der Waals surface area contributed by atoms with E-state index in [4.69, 9.17) is 0 Å². The lowest BCUT2D eigenvalue weighted by atomic mass is 10.0. The molecule has 0 spiro atoms. The SMILES string of the molecule is c1cc2[n+](c(-c3cc4c(c5[n+]3CCS5)CCCCC4)c1)CCS2. The van der Waals surface area contributed by atoms with Gasteiger partial charge in [0.2, 0.25) is 10.1 Å². The maximum atomic E-state index is 2.61. The average Bonchev–Trinajstić information content (AvgIpc) is 3.19. The standard InChI is InChI=1S/C19H22N2S2/c1-2-5-14-13-17(16-7-4-8-18-20(16)9-11-22-18)21-10-12-23-19(21)15(14)6-3-1/h4,7-8,13H,1-3,5-6,9-12H2/q+2. The maximum Gasteiger partial charge on any atom is 0.278 e. The molecule has 0 atom stereocenters. The third-order valence-electron chi connectivity index (χ3n) is 5.30. The van der Waals surface area contributed by atoms with E-state index in [1.54, 1.807) is 16.2 Å². The van der Waals surface area contributed by atoms with Crippen molar-refractivity contribution in [2.24, 2.45) is 0 Å². The van der Waals surface area contributed by atoms with Gasteiger partial charge in [0.25, 0.3) is 11.4 Å². The fraction of sp³-hybridized carbons (Fsp3) is 0.474. The first-order valence-electron chi connectivity index (χ1n) is 8.79. The number of hydrogen-bond acceptors (Lipinski definition) is 2. The maximum absolute atomic E-state index is 2.61. The van der Waals surface area contributed by atoms with Crippen molar-refractivity contribution in [1.29, 1.82) is 0 Å². The van der Waals surface area contributed by atoms with E-state index in [1.165, 1.54) is 66.6 Å². The van der Waals surface area contributed by atoms with Crippen LogP contribution in [-0.4, -0.2) is 11.5 Å². The normalized spacial score (nSPS) is 19.1. The molecule has 5 rings (SSSR count). The molecule has 0 aromatic carbocycles. The van der Waals surface area contributed by atoms with E-state index >= 15 is 0 Å². The third-order valence-corrected chi connectivity index (χ3v) is 7.46. The Bertz CT molecular complexity index is 785. The van der Waals surface area contributed by atoms with Crippen molar-refractivity contribution in [3.63, 3.8) is 0 Å². The topological polar surface area (TPSA) is 7.76 Å². The molecule has 4 heterocycles. The smallest absolute Gasteiger partial charge is 0.180 e. The molecule has 0 bridgehead atoms. The van der Waals surface area contributed by atoms with Crippen molar-refractivity contribution in [3.8, 4) is 11.4 Å². The van der Waals surface area contributed by atoms with E-state index < -0.39 is 0 Å². The lowest BCUT2D eigenvalue weighted by Gasteiger charge is -2.09. The quantitative estimate of drug-likeness (QED) is 0.579. The Morgan fingerprint density at radius 1 is 0.826 bits per heavy atom. The summed E-state index contributed by atoms with van der Waals surface area (Å²) in [7, 11) is 0. The minimum Gasteiger partial charge on any atom is -0.180 e. The zero-order chi connectivity index (χ0) is 15.2. The molecule has 23 heavy (non-hydrogen) atoms. The van der Waals surface area contributed by atoms with Crippen molar-refractivity contribution < 1.29 is 9.13 Å². The van der Waals surface area contributed by atoms with Crippen molar-refractivity contribution in [1.82, 2.24) is 0 Å².